The zero-order valence-electron chi connectivity index (χ0n) is 8.65. The molecule has 1 aromatic rings. The average Bonchev–Trinajstić information content (AvgIpc) is 2.17. The number of aliphatic hydroxyl groups is 1. The lowest BCUT2D eigenvalue weighted by atomic mass is 10.1. The van der Waals surface area contributed by atoms with E-state index >= 15 is 0 Å². The monoisotopic (exact) mass is 197 g/mol. The molecule has 1 N–H and O–H groups in total. The Balaban J connectivity index is 2.93. The van der Waals surface area contributed by atoms with Crippen molar-refractivity contribution in [1.29, 1.82) is 0 Å². The van der Waals surface area contributed by atoms with Crippen molar-refractivity contribution in [2.24, 2.45) is 0 Å². The molecule has 0 aliphatic rings. The van der Waals surface area contributed by atoms with Crippen molar-refractivity contribution < 1.29 is 14.6 Å². The maximum absolute atomic E-state index is 9.24. The SMILES string of the molecule is COc1ccc(C[C@H](C)O)c(OC)n1. The lowest BCUT2D eigenvalue weighted by Crippen LogP contribution is -2.06. The van der Waals surface area contributed by atoms with Crippen molar-refractivity contribution >= 4 is 0 Å². The van der Waals surface area contributed by atoms with Crippen LogP contribution in [-0.2, 0) is 6.42 Å². The molecule has 14 heavy (non-hydrogen) atoms. The van der Waals surface area contributed by atoms with E-state index in [1.165, 1.54) is 0 Å². The predicted octanol–water partition coefficient (Wildman–Crippen LogP) is 1.02. The zero-order valence-corrected chi connectivity index (χ0v) is 8.65. The molecule has 0 fully saturated rings. The molecule has 0 radical (unpaired) electrons. The third-order valence-electron chi connectivity index (χ3n) is 1.83. The first-order chi connectivity index (χ1) is 6.67. The zero-order chi connectivity index (χ0) is 10.6. The quantitative estimate of drug-likeness (QED) is 0.783. The van der Waals surface area contributed by atoms with Crippen molar-refractivity contribution in [2.75, 3.05) is 14.2 Å². The summed E-state index contributed by atoms with van der Waals surface area (Å²) in [5, 5.41) is 9.24. The molecule has 4 heteroatoms. The van der Waals surface area contributed by atoms with Gasteiger partial charge >= 0.3 is 0 Å². The molecule has 4 nitrogen and oxygen atoms in total. The summed E-state index contributed by atoms with van der Waals surface area (Å²) in [7, 11) is 3.10. The fraction of sp³-hybridized carbons (Fsp3) is 0.500. The number of hydrogen-bond acceptors (Lipinski definition) is 4. The van der Waals surface area contributed by atoms with Crippen LogP contribution in [0.15, 0.2) is 12.1 Å². The van der Waals surface area contributed by atoms with E-state index in [-0.39, 0.29) is 0 Å². The second kappa shape index (κ2) is 4.81. The summed E-state index contributed by atoms with van der Waals surface area (Å²) in [4.78, 5) is 4.11. The molecule has 0 amide bonds. The van der Waals surface area contributed by atoms with E-state index < -0.39 is 6.10 Å². The van der Waals surface area contributed by atoms with Crippen LogP contribution in [0.3, 0.4) is 0 Å². The first-order valence-corrected chi connectivity index (χ1v) is 4.43. The standard InChI is InChI=1S/C10H15NO3/c1-7(12)6-8-4-5-9(13-2)11-10(8)14-3/h4-5,7,12H,6H2,1-3H3/t7-/m0/s1. The van der Waals surface area contributed by atoms with Gasteiger partial charge in [-0.25, -0.2) is 0 Å². The Morgan fingerprint density at radius 3 is 2.57 bits per heavy atom. The minimum absolute atomic E-state index is 0.404. The Labute approximate surface area is 83.5 Å². The first-order valence-electron chi connectivity index (χ1n) is 4.43. The molecule has 1 aromatic heterocycles. The molecule has 0 spiro atoms. The number of aromatic nitrogens is 1. The van der Waals surface area contributed by atoms with Crippen molar-refractivity contribution in [3.05, 3.63) is 17.7 Å². The van der Waals surface area contributed by atoms with Gasteiger partial charge in [0, 0.05) is 18.1 Å². The Morgan fingerprint density at radius 2 is 2.07 bits per heavy atom. The van der Waals surface area contributed by atoms with Gasteiger partial charge < -0.3 is 14.6 Å². The van der Waals surface area contributed by atoms with E-state index in [0.29, 0.717) is 18.2 Å². The minimum Gasteiger partial charge on any atom is -0.481 e. The third-order valence-corrected chi connectivity index (χ3v) is 1.83. The number of hydrogen-bond donors (Lipinski definition) is 1. The molecular weight excluding hydrogens is 182 g/mol. The van der Waals surface area contributed by atoms with Gasteiger partial charge in [-0.05, 0) is 13.0 Å². The summed E-state index contributed by atoms with van der Waals surface area (Å²) in [5.41, 5.74) is 0.878. The van der Waals surface area contributed by atoms with E-state index in [1.807, 2.05) is 6.07 Å². The molecule has 0 saturated heterocycles. The number of pyridine rings is 1. The van der Waals surface area contributed by atoms with Gasteiger partial charge in [-0.1, -0.05) is 0 Å². The highest BCUT2D eigenvalue weighted by molar-refractivity contribution is 5.31. The molecular formula is C10H15NO3. The Morgan fingerprint density at radius 1 is 1.36 bits per heavy atom. The molecule has 0 unspecified atom stereocenters. The third kappa shape index (κ3) is 2.60. The van der Waals surface area contributed by atoms with Crippen LogP contribution in [0.2, 0.25) is 0 Å². The summed E-state index contributed by atoms with van der Waals surface area (Å²) in [6.07, 6.45) is 0.124. The van der Waals surface area contributed by atoms with Crippen LogP contribution in [-0.4, -0.2) is 30.4 Å². The lowest BCUT2D eigenvalue weighted by Gasteiger charge is -2.09. The molecule has 0 aliphatic carbocycles. The fourth-order valence-electron chi connectivity index (χ4n) is 1.22. The number of rotatable bonds is 4. The molecule has 78 valence electrons. The summed E-state index contributed by atoms with van der Waals surface area (Å²) >= 11 is 0. The van der Waals surface area contributed by atoms with Crippen LogP contribution in [0.5, 0.6) is 11.8 Å². The van der Waals surface area contributed by atoms with Gasteiger partial charge in [0.05, 0.1) is 20.3 Å². The van der Waals surface area contributed by atoms with Crippen LogP contribution in [0, 0.1) is 0 Å². The van der Waals surface area contributed by atoms with E-state index in [1.54, 1.807) is 27.2 Å². The lowest BCUT2D eigenvalue weighted by molar-refractivity contribution is 0.193. The van der Waals surface area contributed by atoms with Crippen LogP contribution >= 0.6 is 0 Å². The molecule has 1 atom stereocenters. The van der Waals surface area contributed by atoms with Gasteiger partial charge in [-0.3, -0.25) is 0 Å². The second-order valence-electron chi connectivity index (χ2n) is 3.08. The van der Waals surface area contributed by atoms with E-state index in [2.05, 4.69) is 4.98 Å². The molecule has 1 rings (SSSR count). The highest BCUT2D eigenvalue weighted by atomic mass is 16.5. The van der Waals surface area contributed by atoms with Crippen molar-refractivity contribution in [3.8, 4) is 11.8 Å². The average molecular weight is 197 g/mol. The van der Waals surface area contributed by atoms with E-state index in [4.69, 9.17) is 9.47 Å². The van der Waals surface area contributed by atoms with Gasteiger partial charge in [0.1, 0.15) is 0 Å². The highest BCUT2D eigenvalue weighted by Gasteiger charge is 2.08. The number of aliphatic hydroxyl groups excluding tert-OH is 1. The second-order valence-corrected chi connectivity index (χ2v) is 3.08. The minimum atomic E-state index is -0.404. The van der Waals surface area contributed by atoms with Crippen molar-refractivity contribution in [3.63, 3.8) is 0 Å². The Kier molecular flexibility index (Phi) is 3.71. The topological polar surface area (TPSA) is 51.6 Å². The van der Waals surface area contributed by atoms with Crippen LogP contribution in [0.1, 0.15) is 12.5 Å². The first kappa shape index (κ1) is 10.8. The molecule has 0 aliphatic heterocycles. The maximum atomic E-state index is 9.24. The van der Waals surface area contributed by atoms with Gasteiger partial charge in [0.15, 0.2) is 0 Å². The van der Waals surface area contributed by atoms with Crippen LogP contribution in [0.4, 0.5) is 0 Å². The molecule has 0 aromatic carbocycles. The Bertz CT molecular complexity index is 299. The normalized spacial score (nSPS) is 12.3. The van der Waals surface area contributed by atoms with Crippen LogP contribution < -0.4 is 9.47 Å². The molecule has 1 heterocycles. The fourth-order valence-corrected chi connectivity index (χ4v) is 1.22. The summed E-state index contributed by atoms with van der Waals surface area (Å²) in [6.45, 7) is 1.73. The summed E-state index contributed by atoms with van der Waals surface area (Å²) in [6, 6.07) is 3.59. The Hall–Kier alpha value is -1.29. The van der Waals surface area contributed by atoms with Crippen LogP contribution in [0.25, 0.3) is 0 Å². The smallest absolute Gasteiger partial charge is 0.219 e. The van der Waals surface area contributed by atoms with Gasteiger partial charge in [0.2, 0.25) is 11.8 Å². The largest absolute Gasteiger partial charge is 0.481 e. The number of ether oxygens (including phenoxy) is 2. The van der Waals surface area contributed by atoms with Crippen molar-refractivity contribution in [2.45, 2.75) is 19.4 Å². The predicted molar refractivity (Wildman–Crippen MR) is 52.7 cm³/mol. The van der Waals surface area contributed by atoms with E-state index in [9.17, 15) is 5.11 Å². The molecule has 0 bridgehead atoms. The maximum Gasteiger partial charge on any atom is 0.219 e. The van der Waals surface area contributed by atoms with Gasteiger partial charge in [0.25, 0.3) is 0 Å². The van der Waals surface area contributed by atoms with Gasteiger partial charge in [-0.15, -0.1) is 0 Å². The van der Waals surface area contributed by atoms with E-state index in [0.717, 1.165) is 5.56 Å². The van der Waals surface area contributed by atoms with Crippen molar-refractivity contribution in [1.82, 2.24) is 4.98 Å². The molecule has 0 saturated carbocycles. The highest BCUT2D eigenvalue weighted by Crippen LogP contribution is 2.20. The summed E-state index contributed by atoms with van der Waals surface area (Å²) < 4.78 is 10.0. The number of methoxy groups -OCH3 is 2. The number of nitrogens with zero attached hydrogens (tertiary/aromatic N) is 1. The van der Waals surface area contributed by atoms with Gasteiger partial charge in [-0.2, -0.15) is 4.98 Å². The summed E-state index contributed by atoms with van der Waals surface area (Å²) in [5.74, 6) is 1.02.